The molecule has 0 N–H and O–H groups in total. The van der Waals surface area contributed by atoms with Crippen molar-refractivity contribution in [2.45, 2.75) is 67.2 Å². The average Bonchev–Trinajstić information content (AvgIpc) is 2.69. The summed E-state index contributed by atoms with van der Waals surface area (Å²) in [4.78, 5) is 0. The van der Waals surface area contributed by atoms with Crippen LogP contribution in [0, 0.1) is 0 Å². The number of hydrogen-bond donors (Lipinski definition) is 0. The maximum atomic E-state index is 13.9. The molecule has 0 aliphatic rings. The second kappa shape index (κ2) is 9.42. The largest absolute Gasteiger partial charge is 0.460 e. The van der Waals surface area contributed by atoms with Crippen molar-refractivity contribution in [3.8, 4) is 0 Å². The molecule has 36 heavy (non-hydrogen) atoms. The second-order valence-corrected chi connectivity index (χ2v) is 8.47. The zero-order valence-corrected chi connectivity index (χ0v) is 17.9. The fourth-order valence-corrected chi connectivity index (χ4v) is 3.31. The number of hydrogen-bond acceptors (Lipinski definition) is 3. The van der Waals surface area contributed by atoms with Gasteiger partial charge in [-0.2, -0.15) is 79.6 Å². The molecule has 0 aliphatic heterocycles. The van der Waals surface area contributed by atoms with E-state index >= 15 is 0 Å². The van der Waals surface area contributed by atoms with Crippen LogP contribution in [0.3, 0.4) is 0 Å². The third-order valence-electron chi connectivity index (χ3n) is 4.28. The molecule has 0 spiro atoms. The molecule has 4 nitrogen and oxygen atoms in total. The average molecular weight is 602 g/mol. The van der Waals surface area contributed by atoms with Gasteiger partial charge in [-0.05, 0) is 6.42 Å². The van der Waals surface area contributed by atoms with Gasteiger partial charge in [-0.1, -0.05) is 13.8 Å². The van der Waals surface area contributed by atoms with Crippen LogP contribution in [0.4, 0.5) is 79.1 Å². The molecule has 0 atom stereocenters. The van der Waals surface area contributed by atoms with Gasteiger partial charge in [-0.3, -0.25) is 0 Å². The monoisotopic (exact) mass is 602 g/mol. The van der Waals surface area contributed by atoms with Crippen LogP contribution < -0.4 is 0 Å². The summed E-state index contributed by atoms with van der Waals surface area (Å²) in [7, 11) is -7.97. The van der Waals surface area contributed by atoms with Crippen molar-refractivity contribution in [1.29, 1.82) is 0 Å². The lowest BCUT2D eigenvalue weighted by molar-refractivity contribution is -0.458. The van der Waals surface area contributed by atoms with E-state index in [1.54, 1.807) is 0 Å². The molecule has 0 rings (SSSR count). The molecule has 0 aromatic carbocycles. The van der Waals surface area contributed by atoms with Crippen molar-refractivity contribution < 1.29 is 87.5 Å². The predicted molar refractivity (Wildman–Crippen MR) is 80.1 cm³/mol. The van der Waals surface area contributed by atoms with Gasteiger partial charge in [-0.15, -0.1) is 4.48 Å². The Bertz CT molecular complexity index is 884. The summed E-state index contributed by atoms with van der Waals surface area (Å²) in [6, 6.07) is 0. The van der Waals surface area contributed by atoms with Crippen molar-refractivity contribution in [3.63, 3.8) is 0 Å². The van der Waals surface area contributed by atoms with Crippen molar-refractivity contribution in [2.75, 3.05) is 13.1 Å². The Kier molecular flexibility index (Phi) is 9.05. The lowest BCUT2D eigenvalue weighted by atomic mass is 9.91. The highest BCUT2D eigenvalue weighted by atomic mass is 32.2. The molecule has 218 valence electrons. The molecule has 23 heteroatoms. The summed E-state index contributed by atoms with van der Waals surface area (Å²) >= 11 is 0. The molecule has 0 bridgehead atoms. The third kappa shape index (κ3) is 4.45. The van der Waals surface area contributed by atoms with Gasteiger partial charge in [0, 0.05) is 17.7 Å². The maximum Gasteiger partial charge on any atom is 0.460 e. The minimum absolute atomic E-state index is 0.380. The first kappa shape index (κ1) is 34.6. The normalized spacial score (nSPS) is 16.3. The summed E-state index contributed by atoms with van der Waals surface area (Å²) in [5.41, 5.74) is 0. The highest BCUT2D eigenvalue weighted by Gasteiger charge is 2.96. The first-order valence-electron chi connectivity index (χ1n) is 8.60. The standard InChI is InChI=1S/C13H12F18N2O2S/c1-3-5-32(4-2)33(31)36(34,35)13(29,30)11(24,25)9(20,21)7(16,17)6(14,15)8(18,19)10(22,23)12(26,27)28/h3-5H2,1-2H3. The number of halogens is 18. The number of rotatable bonds is 12. The fraction of sp³-hybridized carbons (Fsp3) is 1.00. The van der Waals surface area contributed by atoms with Crippen LogP contribution in [0.25, 0.3) is 0 Å². The van der Waals surface area contributed by atoms with E-state index in [1.165, 1.54) is 0 Å². The molecule has 0 aliphatic carbocycles. The van der Waals surface area contributed by atoms with Crippen LogP contribution in [0.5, 0.6) is 0 Å². The van der Waals surface area contributed by atoms with Gasteiger partial charge in [0.2, 0.25) is 0 Å². The third-order valence-corrected chi connectivity index (χ3v) is 5.82. The summed E-state index contributed by atoms with van der Waals surface area (Å²) in [6.45, 7) is -0.199. The lowest BCUT2D eigenvalue weighted by Crippen LogP contribution is -2.75. The van der Waals surface area contributed by atoms with E-state index in [-0.39, 0.29) is 6.42 Å². The molecule has 0 saturated carbocycles. The van der Waals surface area contributed by atoms with Crippen molar-refractivity contribution in [3.05, 3.63) is 0 Å². The Morgan fingerprint density at radius 1 is 0.556 bits per heavy atom. The molecule has 0 radical (unpaired) electrons. The molecule has 0 unspecified atom stereocenters. The van der Waals surface area contributed by atoms with Crippen LogP contribution in [0.15, 0.2) is 0 Å². The van der Waals surface area contributed by atoms with Gasteiger partial charge < -0.3 is 0 Å². The number of alkyl halides is 17. The molecule has 0 fully saturated rings. The van der Waals surface area contributed by atoms with E-state index in [1.807, 2.05) is 0 Å². The Hall–Kier alpha value is -1.39. The van der Waals surface area contributed by atoms with Crippen LogP contribution in [0.2, 0.25) is 0 Å². The van der Waals surface area contributed by atoms with Gasteiger partial charge in [0.05, 0.1) is 0 Å². The molecule has 0 aromatic rings. The minimum Gasteiger partial charge on any atom is -0.202 e. The topological polar surface area (TPSA) is 40.6 Å². The molecule has 0 heterocycles. The van der Waals surface area contributed by atoms with Crippen LogP contribution in [0.1, 0.15) is 20.3 Å². The second-order valence-electron chi connectivity index (χ2n) is 6.71. The van der Waals surface area contributed by atoms with E-state index in [0.29, 0.717) is 0 Å². The van der Waals surface area contributed by atoms with Crippen LogP contribution >= 0.6 is 0 Å². The van der Waals surface area contributed by atoms with Crippen LogP contribution in [-0.4, -0.2) is 78.1 Å². The van der Waals surface area contributed by atoms with Gasteiger partial charge in [0.15, 0.2) is 0 Å². The highest BCUT2D eigenvalue weighted by Crippen LogP contribution is 2.64. The molecule has 0 amide bonds. The summed E-state index contributed by atoms with van der Waals surface area (Å²) in [6.07, 6.45) is -8.30. The summed E-state index contributed by atoms with van der Waals surface area (Å²) in [5, 5.41) is -8.39. The fourth-order valence-electron chi connectivity index (χ4n) is 2.16. The minimum atomic E-state index is -8.96. The van der Waals surface area contributed by atoms with E-state index in [2.05, 4.69) is 0 Å². The Morgan fingerprint density at radius 3 is 1.14 bits per heavy atom. The predicted octanol–water partition coefficient (Wildman–Crippen LogP) is 6.12. The molecule has 0 saturated heterocycles. The lowest BCUT2D eigenvalue weighted by Gasteiger charge is -2.42. The SMILES string of the molecule is CCCN(CC)N(F)S(=O)(=O)C(F)(F)C(F)(F)C(F)(F)C(F)(F)C(F)(F)C(F)(F)C(F)(F)C(F)(F)F. The van der Waals surface area contributed by atoms with Crippen molar-refractivity contribution >= 4 is 10.0 Å². The van der Waals surface area contributed by atoms with Gasteiger partial charge >= 0.3 is 57.0 Å². The highest BCUT2D eigenvalue weighted by molar-refractivity contribution is 7.90. The first-order chi connectivity index (χ1) is 15.4. The number of sulfonamides is 1. The van der Waals surface area contributed by atoms with Gasteiger partial charge in [0.1, 0.15) is 0 Å². The number of nitrogens with zero attached hydrogens (tertiary/aromatic N) is 2. The van der Waals surface area contributed by atoms with Crippen molar-refractivity contribution in [1.82, 2.24) is 9.65 Å². The Morgan fingerprint density at radius 2 is 0.861 bits per heavy atom. The van der Waals surface area contributed by atoms with E-state index in [0.717, 1.165) is 13.8 Å². The Balaban J connectivity index is 7.00. The smallest absolute Gasteiger partial charge is 0.202 e. The molecular formula is C13H12F18N2O2S. The molecular weight excluding hydrogens is 590 g/mol. The Labute approximate surface area is 188 Å². The zero-order valence-electron chi connectivity index (χ0n) is 17.0. The summed E-state index contributed by atoms with van der Waals surface area (Å²) < 4.78 is 259. The van der Waals surface area contributed by atoms with Gasteiger partial charge in [0.25, 0.3) is 0 Å². The van der Waals surface area contributed by atoms with E-state index < -0.39 is 79.7 Å². The first-order valence-corrected chi connectivity index (χ1v) is 10.0. The van der Waals surface area contributed by atoms with E-state index in [4.69, 9.17) is 0 Å². The quantitative estimate of drug-likeness (QED) is 0.154. The van der Waals surface area contributed by atoms with E-state index in [9.17, 15) is 87.5 Å². The van der Waals surface area contributed by atoms with Gasteiger partial charge in [-0.25, -0.2) is 8.42 Å². The van der Waals surface area contributed by atoms with Crippen molar-refractivity contribution in [2.24, 2.45) is 0 Å². The zero-order chi connectivity index (χ0) is 29.8. The number of hydrazine groups is 1. The molecule has 0 aromatic heterocycles. The van der Waals surface area contributed by atoms with Crippen LogP contribution in [-0.2, 0) is 10.0 Å². The summed E-state index contributed by atoms with van der Waals surface area (Å²) in [5.74, 6) is -52.4. The maximum absolute atomic E-state index is 13.9.